The van der Waals surface area contributed by atoms with Gasteiger partial charge in [0.25, 0.3) is 0 Å². The Morgan fingerprint density at radius 3 is 2.87 bits per heavy atom. The van der Waals surface area contributed by atoms with Crippen molar-refractivity contribution in [3.05, 3.63) is 16.1 Å². The Morgan fingerprint density at radius 2 is 2.17 bits per heavy atom. The van der Waals surface area contributed by atoms with Gasteiger partial charge < -0.3 is 9.80 Å². The summed E-state index contributed by atoms with van der Waals surface area (Å²) in [6.07, 6.45) is 6.41. The van der Waals surface area contributed by atoms with E-state index in [1.165, 1.54) is 19.4 Å². The van der Waals surface area contributed by atoms with E-state index in [4.69, 9.17) is 0 Å². The van der Waals surface area contributed by atoms with Crippen molar-refractivity contribution in [2.24, 2.45) is 0 Å². The molecule has 1 aromatic rings. The lowest BCUT2D eigenvalue weighted by atomic mass is 9.87. The van der Waals surface area contributed by atoms with Crippen molar-refractivity contribution in [2.75, 3.05) is 13.1 Å². The second-order valence-electron chi connectivity index (χ2n) is 7.21. The molecular weight excluding hydrogens is 306 g/mol. The molecule has 1 aromatic heterocycles. The van der Waals surface area contributed by atoms with Gasteiger partial charge in [-0.3, -0.25) is 4.79 Å². The molecule has 0 radical (unpaired) electrons. The van der Waals surface area contributed by atoms with Gasteiger partial charge in [0.15, 0.2) is 0 Å². The maximum absolute atomic E-state index is 12.5. The Hall–Kier alpha value is -0.940. The third-order valence-corrected chi connectivity index (χ3v) is 6.65. The van der Waals surface area contributed by atoms with Crippen molar-refractivity contribution in [3.8, 4) is 0 Å². The highest BCUT2D eigenvalue weighted by molar-refractivity contribution is 7.09. The zero-order chi connectivity index (χ0) is 16.4. The Balaban J connectivity index is 1.75. The topological polar surface area (TPSA) is 36.4 Å². The summed E-state index contributed by atoms with van der Waals surface area (Å²) < 4.78 is 0. The number of amides is 1. The van der Waals surface area contributed by atoms with Gasteiger partial charge in [0.2, 0.25) is 5.91 Å². The molecule has 0 aromatic carbocycles. The number of carbonyl (C=O) groups is 1. The molecule has 2 aliphatic heterocycles. The van der Waals surface area contributed by atoms with E-state index in [0.29, 0.717) is 24.9 Å². The van der Waals surface area contributed by atoms with Gasteiger partial charge in [-0.2, -0.15) is 0 Å². The molecule has 3 rings (SSSR count). The van der Waals surface area contributed by atoms with Crippen LogP contribution in [0.3, 0.4) is 0 Å². The van der Waals surface area contributed by atoms with Crippen molar-refractivity contribution >= 4 is 17.2 Å². The number of likely N-dealkylation sites (tertiary alicyclic amines) is 2. The second kappa shape index (κ2) is 6.89. The van der Waals surface area contributed by atoms with Gasteiger partial charge in [-0.05, 0) is 52.5 Å². The van der Waals surface area contributed by atoms with Crippen LogP contribution in [0, 0.1) is 6.92 Å². The Morgan fingerprint density at radius 1 is 1.35 bits per heavy atom. The average molecular weight is 336 g/mol. The lowest BCUT2D eigenvalue weighted by molar-refractivity contribution is -0.132. The van der Waals surface area contributed by atoms with Crippen LogP contribution in [0.1, 0.15) is 63.1 Å². The summed E-state index contributed by atoms with van der Waals surface area (Å²) in [5.41, 5.74) is 1.14. The molecule has 0 unspecified atom stereocenters. The van der Waals surface area contributed by atoms with E-state index in [0.717, 1.165) is 36.5 Å². The first-order chi connectivity index (χ1) is 11.0. The summed E-state index contributed by atoms with van der Waals surface area (Å²) >= 11 is 1.68. The van der Waals surface area contributed by atoms with Gasteiger partial charge in [0, 0.05) is 29.9 Å². The monoisotopic (exact) mass is 335 g/mol. The quantitative estimate of drug-likeness (QED) is 0.843. The fraction of sp³-hybridized carbons (Fsp3) is 0.778. The zero-order valence-electron chi connectivity index (χ0n) is 14.7. The third-order valence-electron chi connectivity index (χ3n) is 5.83. The van der Waals surface area contributed by atoms with Crippen molar-refractivity contribution in [1.82, 2.24) is 14.8 Å². The molecule has 0 bridgehead atoms. The third kappa shape index (κ3) is 3.45. The SMILES string of the molecule is CC[C@H](C)N1CCC[C@@]2(CCC(=O)N2Cc2csc(C)n2)CC1. The van der Waals surface area contributed by atoms with Gasteiger partial charge in [-0.15, -0.1) is 11.3 Å². The molecule has 2 fully saturated rings. The van der Waals surface area contributed by atoms with Crippen LogP contribution in [0.4, 0.5) is 0 Å². The van der Waals surface area contributed by atoms with Crippen LogP contribution in [0.2, 0.25) is 0 Å². The molecule has 4 nitrogen and oxygen atoms in total. The number of hydrogen-bond donors (Lipinski definition) is 0. The van der Waals surface area contributed by atoms with Crippen LogP contribution in [0.15, 0.2) is 5.38 Å². The van der Waals surface area contributed by atoms with E-state index >= 15 is 0 Å². The maximum atomic E-state index is 12.5. The smallest absolute Gasteiger partial charge is 0.223 e. The first kappa shape index (κ1) is 16.9. The van der Waals surface area contributed by atoms with E-state index in [1.54, 1.807) is 11.3 Å². The molecule has 1 amide bonds. The zero-order valence-corrected chi connectivity index (χ0v) is 15.5. The summed E-state index contributed by atoms with van der Waals surface area (Å²) in [7, 11) is 0. The number of hydrogen-bond acceptors (Lipinski definition) is 4. The molecule has 128 valence electrons. The molecule has 2 saturated heterocycles. The normalized spacial score (nSPS) is 27.6. The van der Waals surface area contributed by atoms with Crippen LogP contribution in [-0.4, -0.2) is 45.4 Å². The Bertz CT molecular complexity index is 558. The summed E-state index contributed by atoms with van der Waals surface area (Å²) in [5.74, 6) is 0.327. The van der Waals surface area contributed by atoms with Gasteiger partial charge in [0.05, 0.1) is 17.2 Å². The summed E-state index contributed by atoms with van der Waals surface area (Å²) in [5, 5.41) is 3.20. The van der Waals surface area contributed by atoms with E-state index < -0.39 is 0 Å². The van der Waals surface area contributed by atoms with Crippen LogP contribution in [0.25, 0.3) is 0 Å². The lowest BCUT2D eigenvalue weighted by Gasteiger charge is -2.38. The van der Waals surface area contributed by atoms with Crippen molar-refractivity contribution in [3.63, 3.8) is 0 Å². The molecule has 0 N–H and O–H groups in total. The molecular formula is C18H29N3OS. The van der Waals surface area contributed by atoms with Gasteiger partial charge in [-0.1, -0.05) is 6.92 Å². The van der Waals surface area contributed by atoms with Gasteiger partial charge in [0.1, 0.15) is 0 Å². The lowest BCUT2D eigenvalue weighted by Crippen LogP contribution is -2.46. The highest BCUT2D eigenvalue weighted by atomic mass is 32.1. The van der Waals surface area contributed by atoms with Crippen molar-refractivity contribution < 1.29 is 4.79 Å². The van der Waals surface area contributed by atoms with Gasteiger partial charge >= 0.3 is 0 Å². The van der Waals surface area contributed by atoms with Crippen LogP contribution in [-0.2, 0) is 11.3 Å². The van der Waals surface area contributed by atoms with E-state index in [1.807, 2.05) is 6.92 Å². The second-order valence-corrected chi connectivity index (χ2v) is 8.27. The first-order valence-corrected chi connectivity index (χ1v) is 9.87. The molecule has 1 spiro atoms. The minimum absolute atomic E-state index is 0.0802. The minimum atomic E-state index is 0.0802. The standard InChI is InChI=1S/C18H29N3OS/c1-4-14(2)20-10-5-7-18(9-11-20)8-6-17(22)21(18)12-16-13-23-15(3)19-16/h13-14H,4-12H2,1-3H3/t14-,18+/m0/s1. The average Bonchev–Trinajstić information content (AvgIpc) is 2.99. The number of thiazole rings is 1. The molecule has 0 saturated carbocycles. The molecule has 2 aliphatic rings. The Labute approximate surface area is 143 Å². The molecule has 5 heteroatoms. The minimum Gasteiger partial charge on any atom is -0.331 e. The van der Waals surface area contributed by atoms with E-state index in [2.05, 4.69) is 34.0 Å². The largest absolute Gasteiger partial charge is 0.331 e. The number of aromatic nitrogens is 1. The predicted molar refractivity (Wildman–Crippen MR) is 94.5 cm³/mol. The van der Waals surface area contributed by atoms with Crippen LogP contribution >= 0.6 is 11.3 Å². The fourth-order valence-electron chi connectivity index (χ4n) is 4.19. The maximum Gasteiger partial charge on any atom is 0.223 e. The molecule has 0 aliphatic carbocycles. The number of nitrogens with zero attached hydrogens (tertiary/aromatic N) is 3. The van der Waals surface area contributed by atoms with Crippen LogP contribution in [0.5, 0.6) is 0 Å². The van der Waals surface area contributed by atoms with Crippen LogP contribution < -0.4 is 0 Å². The predicted octanol–water partition coefficient (Wildman–Crippen LogP) is 3.60. The molecule has 3 heterocycles. The number of carbonyl (C=O) groups excluding carboxylic acids is 1. The summed E-state index contributed by atoms with van der Waals surface area (Å²) in [6, 6.07) is 0.650. The van der Waals surface area contributed by atoms with Gasteiger partial charge in [-0.25, -0.2) is 4.98 Å². The van der Waals surface area contributed by atoms with Crippen molar-refractivity contribution in [1.29, 1.82) is 0 Å². The molecule has 2 atom stereocenters. The first-order valence-electron chi connectivity index (χ1n) is 8.99. The number of aryl methyl sites for hydroxylation is 1. The summed E-state index contributed by atoms with van der Waals surface area (Å²) in [6.45, 7) is 9.62. The van der Waals surface area contributed by atoms with E-state index in [9.17, 15) is 4.79 Å². The molecule has 23 heavy (non-hydrogen) atoms. The fourth-order valence-corrected chi connectivity index (χ4v) is 4.80. The van der Waals surface area contributed by atoms with E-state index in [-0.39, 0.29) is 5.54 Å². The summed E-state index contributed by atoms with van der Waals surface area (Å²) in [4.78, 5) is 21.9. The highest BCUT2D eigenvalue weighted by Crippen LogP contribution is 2.40. The number of rotatable bonds is 4. The van der Waals surface area contributed by atoms with Crippen molar-refractivity contribution in [2.45, 2.75) is 77.4 Å². The highest BCUT2D eigenvalue weighted by Gasteiger charge is 2.45. The Kier molecular flexibility index (Phi) is 5.07.